The zero-order valence-corrected chi connectivity index (χ0v) is 9.16. The predicted molar refractivity (Wildman–Crippen MR) is 54.1 cm³/mol. The van der Waals surface area contributed by atoms with Crippen LogP contribution >= 0.6 is 0 Å². The average Bonchev–Trinajstić information content (AvgIpc) is 2.53. The second kappa shape index (κ2) is 2.76. The van der Waals surface area contributed by atoms with Gasteiger partial charge in [0.25, 0.3) is 0 Å². The molecule has 84 valence electrons. The molecule has 1 spiro atoms. The first-order valence-corrected chi connectivity index (χ1v) is 5.96. The molecule has 2 saturated carbocycles. The molecule has 1 N–H and O–H groups in total. The summed E-state index contributed by atoms with van der Waals surface area (Å²) in [6, 6.07) is 0. The Balaban J connectivity index is 1.97. The lowest BCUT2D eigenvalue weighted by atomic mass is 9.70. The van der Waals surface area contributed by atoms with E-state index in [1.54, 1.807) is 0 Å². The van der Waals surface area contributed by atoms with Gasteiger partial charge >= 0.3 is 5.97 Å². The quantitative estimate of drug-likeness (QED) is 0.618. The van der Waals surface area contributed by atoms with Crippen molar-refractivity contribution in [2.75, 3.05) is 0 Å². The van der Waals surface area contributed by atoms with E-state index in [2.05, 4.69) is 0 Å². The maximum atomic E-state index is 11.5. The Labute approximate surface area is 89.8 Å². The maximum absolute atomic E-state index is 11.5. The van der Waals surface area contributed by atoms with Crippen molar-refractivity contribution in [1.82, 2.24) is 0 Å². The Morgan fingerprint density at radius 1 is 1.40 bits per heavy atom. The Bertz CT molecular complexity index is 310. The van der Waals surface area contributed by atoms with E-state index in [0.29, 0.717) is 24.7 Å². The highest BCUT2D eigenvalue weighted by Crippen LogP contribution is 2.58. The molecule has 0 aromatic rings. The van der Waals surface area contributed by atoms with E-state index in [-0.39, 0.29) is 11.6 Å². The SMILES string of the molecule is CC1(O)C[C@H]2CCC[C@H]3CC(=O)O[C@@]23C1. The summed E-state index contributed by atoms with van der Waals surface area (Å²) < 4.78 is 5.61. The van der Waals surface area contributed by atoms with Crippen molar-refractivity contribution in [3.8, 4) is 0 Å². The first kappa shape index (κ1) is 9.64. The number of esters is 1. The molecule has 0 bridgehead atoms. The second-order valence-electron chi connectivity index (χ2n) is 5.84. The van der Waals surface area contributed by atoms with Gasteiger partial charge in [-0.2, -0.15) is 0 Å². The Morgan fingerprint density at radius 3 is 2.93 bits per heavy atom. The van der Waals surface area contributed by atoms with Gasteiger partial charge in [0.2, 0.25) is 0 Å². The molecule has 1 aliphatic heterocycles. The van der Waals surface area contributed by atoms with Gasteiger partial charge in [0.15, 0.2) is 0 Å². The molecule has 3 fully saturated rings. The van der Waals surface area contributed by atoms with Crippen LogP contribution < -0.4 is 0 Å². The largest absolute Gasteiger partial charge is 0.458 e. The Morgan fingerprint density at radius 2 is 2.13 bits per heavy atom. The zero-order valence-electron chi connectivity index (χ0n) is 9.16. The van der Waals surface area contributed by atoms with Gasteiger partial charge in [-0.05, 0) is 26.2 Å². The van der Waals surface area contributed by atoms with Gasteiger partial charge in [0.05, 0.1) is 12.0 Å². The Kier molecular flexibility index (Phi) is 1.77. The van der Waals surface area contributed by atoms with Crippen molar-refractivity contribution in [3.63, 3.8) is 0 Å². The number of aliphatic hydroxyl groups is 1. The molecule has 4 atom stereocenters. The minimum atomic E-state index is -0.627. The van der Waals surface area contributed by atoms with Crippen LogP contribution in [0.5, 0.6) is 0 Å². The van der Waals surface area contributed by atoms with Gasteiger partial charge in [0.1, 0.15) is 5.60 Å². The normalized spacial score (nSPS) is 53.6. The lowest BCUT2D eigenvalue weighted by Gasteiger charge is -2.39. The number of carbonyl (C=O) groups is 1. The highest BCUT2D eigenvalue weighted by atomic mass is 16.6. The van der Waals surface area contributed by atoms with E-state index < -0.39 is 5.60 Å². The smallest absolute Gasteiger partial charge is 0.306 e. The molecule has 1 heterocycles. The van der Waals surface area contributed by atoms with Crippen molar-refractivity contribution in [2.45, 2.75) is 56.7 Å². The summed E-state index contributed by atoms with van der Waals surface area (Å²) in [6.07, 6.45) is 5.42. The summed E-state index contributed by atoms with van der Waals surface area (Å²) in [5.74, 6) is 0.722. The van der Waals surface area contributed by atoms with E-state index in [0.717, 1.165) is 19.3 Å². The van der Waals surface area contributed by atoms with Gasteiger partial charge in [-0.3, -0.25) is 4.79 Å². The zero-order chi connectivity index (χ0) is 10.7. The second-order valence-corrected chi connectivity index (χ2v) is 5.84. The molecule has 0 aromatic heterocycles. The van der Waals surface area contributed by atoms with E-state index in [4.69, 9.17) is 4.74 Å². The summed E-state index contributed by atoms with van der Waals surface area (Å²) in [6.45, 7) is 1.88. The standard InChI is InChI=1S/C12H18O3/c1-11(14)6-9-4-2-3-8-5-10(13)15-12(8,9)7-11/h8-9,14H,2-7H2,1H3/t8-,9+,11?,12+/m0/s1. The van der Waals surface area contributed by atoms with Crippen LogP contribution in [0.25, 0.3) is 0 Å². The van der Waals surface area contributed by atoms with Crippen LogP contribution in [0.15, 0.2) is 0 Å². The van der Waals surface area contributed by atoms with E-state index in [1.807, 2.05) is 6.92 Å². The highest BCUT2D eigenvalue weighted by molar-refractivity contribution is 5.73. The van der Waals surface area contributed by atoms with Crippen molar-refractivity contribution in [3.05, 3.63) is 0 Å². The van der Waals surface area contributed by atoms with Gasteiger partial charge in [-0.1, -0.05) is 6.42 Å². The third-order valence-corrected chi connectivity index (χ3v) is 4.55. The van der Waals surface area contributed by atoms with Gasteiger partial charge < -0.3 is 9.84 Å². The molecule has 3 aliphatic rings. The van der Waals surface area contributed by atoms with Crippen LogP contribution in [0, 0.1) is 11.8 Å². The fraction of sp³-hybridized carbons (Fsp3) is 0.917. The number of hydrogen-bond donors (Lipinski definition) is 1. The molecular formula is C12H18O3. The van der Waals surface area contributed by atoms with Gasteiger partial charge in [-0.15, -0.1) is 0 Å². The summed E-state index contributed by atoms with van der Waals surface area (Å²) >= 11 is 0. The Hall–Kier alpha value is -0.570. The lowest BCUT2D eigenvalue weighted by Crippen LogP contribution is -2.43. The molecule has 0 radical (unpaired) electrons. The van der Waals surface area contributed by atoms with Gasteiger partial charge in [0, 0.05) is 18.3 Å². The number of ether oxygens (including phenoxy) is 1. The highest BCUT2D eigenvalue weighted by Gasteiger charge is 2.62. The molecule has 0 aromatic carbocycles. The van der Waals surface area contributed by atoms with Crippen LogP contribution in [-0.4, -0.2) is 22.3 Å². The van der Waals surface area contributed by atoms with Crippen LogP contribution in [0.3, 0.4) is 0 Å². The van der Waals surface area contributed by atoms with E-state index >= 15 is 0 Å². The van der Waals surface area contributed by atoms with Crippen LogP contribution in [0.2, 0.25) is 0 Å². The summed E-state index contributed by atoms with van der Waals surface area (Å²) in [7, 11) is 0. The summed E-state index contributed by atoms with van der Waals surface area (Å²) in [5.41, 5.74) is -0.920. The van der Waals surface area contributed by atoms with Crippen molar-refractivity contribution >= 4 is 5.97 Å². The van der Waals surface area contributed by atoms with Crippen LogP contribution in [0.4, 0.5) is 0 Å². The molecule has 1 unspecified atom stereocenters. The first-order valence-electron chi connectivity index (χ1n) is 5.96. The fourth-order valence-electron chi connectivity index (χ4n) is 4.13. The predicted octanol–water partition coefficient (Wildman–Crippen LogP) is 1.63. The maximum Gasteiger partial charge on any atom is 0.306 e. The summed E-state index contributed by atoms with van der Waals surface area (Å²) in [4.78, 5) is 11.5. The molecule has 3 nitrogen and oxygen atoms in total. The minimum Gasteiger partial charge on any atom is -0.458 e. The van der Waals surface area contributed by atoms with Crippen molar-refractivity contribution < 1.29 is 14.6 Å². The number of hydrogen-bond acceptors (Lipinski definition) is 3. The average molecular weight is 210 g/mol. The fourth-order valence-corrected chi connectivity index (χ4v) is 4.13. The third kappa shape index (κ3) is 1.25. The molecular weight excluding hydrogens is 192 g/mol. The third-order valence-electron chi connectivity index (χ3n) is 4.55. The lowest BCUT2D eigenvalue weighted by molar-refractivity contribution is -0.155. The molecule has 3 heteroatoms. The van der Waals surface area contributed by atoms with Gasteiger partial charge in [-0.25, -0.2) is 0 Å². The summed E-state index contributed by atoms with van der Waals surface area (Å²) in [5, 5.41) is 10.2. The molecule has 1 saturated heterocycles. The number of rotatable bonds is 0. The van der Waals surface area contributed by atoms with Crippen molar-refractivity contribution in [2.24, 2.45) is 11.8 Å². The molecule has 0 amide bonds. The topological polar surface area (TPSA) is 46.5 Å². The number of carbonyl (C=O) groups excluding carboxylic acids is 1. The minimum absolute atomic E-state index is 0.0513. The monoisotopic (exact) mass is 210 g/mol. The molecule has 15 heavy (non-hydrogen) atoms. The first-order chi connectivity index (χ1) is 7.02. The van der Waals surface area contributed by atoms with E-state index in [1.165, 1.54) is 6.42 Å². The molecule has 3 rings (SSSR count). The van der Waals surface area contributed by atoms with Crippen molar-refractivity contribution in [1.29, 1.82) is 0 Å². The molecule has 2 aliphatic carbocycles. The van der Waals surface area contributed by atoms with Crippen LogP contribution in [-0.2, 0) is 9.53 Å². The van der Waals surface area contributed by atoms with E-state index in [9.17, 15) is 9.90 Å². The van der Waals surface area contributed by atoms with Crippen LogP contribution in [0.1, 0.15) is 45.4 Å².